The molecule has 1 amide bonds. The molecule has 12 heavy (non-hydrogen) atoms. The number of hydrogen-bond donors (Lipinski definition) is 1. The Hall–Kier alpha value is -1.51. The van der Waals surface area contributed by atoms with Crippen molar-refractivity contribution < 1.29 is 9.90 Å². The largest absolute Gasteiger partial charge is 0.465 e. The van der Waals surface area contributed by atoms with Crippen molar-refractivity contribution in [1.82, 2.24) is 4.90 Å². The van der Waals surface area contributed by atoms with Gasteiger partial charge in [0.15, 0.2) is 0 Å². The third-order valence-electron chi connectivity index (χ3n) is 1.05. The highest BCUT2D eigenvalue weighted by Crippen LogP contribution is 1.79. The van der Waals surface area contributed by atoms with Crippen molar-refractivity contribution in [2.45, 2.75) is 0 Å². The Morgan fingerprint density at radius 2 is 1.17 bits per heavy atom. The van der Waals surface area contributed by atoms with Crippen LogP contribution in [0.15, 0.2) is 36.4 Å². The molecule has 1 aromatic rings. The van der Waals surface area contributed by atoms with Gasteiger partial charge in [-0.15, -0.1) is 0 Å². The topological polar surface area (TPSA) is 40.5 Å². The van der Waals surface area contributed by atoms with Crippen LogP contribution in [0.3, 0.4) is 0 Å². The van der Waals surface area contributed by atoms with Gasteiger partial charge in [-0.25, -0.2) is 4.79 Å². The third kappa shape index (κ3) is 6.61. The first-order valence-corrected chi connectivity index (χ1v) is 3.55. The lowest BCUT2D eigenvalue weighted by Gasteiger charge is -1.99. The predicted octanol–water partition coefficient (Wildman–Crippen LogP) is 1.91. The number of hydrogen-bond acceptors (Lipinski definition) is 1. The Kier molecular flexibility index (Phi) is 5.43. The first kappa shape index (κ1) is 10.5. The monoisotopic (exact) mass is 167 g/mol. The van der Waals surface area contributed by atoms with Gasteiger partial charge in [0.05, 0.1) is 0 Å². The minimum absolute atomic E-state index is 0.907. The fourth-order valence-corrected chi connectivity index (χ4v) is 0.385. The normalized spacial score (nSPS) is 7.83. The number of rotatable bonds is 0. The maximum Gasteiger partial charge on any atom is 0.406 e. The van der Waals surface area contributed by atoms with Gasteiger partial charge in [-0.05, 0) is 0 Å². The van der Waals surface area contributed by atoms with Gasteiger partial charge < -0.3 is 10.0 Å². The average Bonchev–Trinajstić information content (AvgIpc) is 2.08. The van der Waals surface area contributed by atoms with E-state index >= 15 is 0 Å². The molecular weight excluding hydrogens is 154 g/mol. The molecule has 3 nitrogen and oxygen atoms in total. The fourth-order valence-electron chi connectivity index (χ4n) is 0.385. The van der Waals surface area contributed by atoms with Crippen molar-refractivity contribution in [2.24, 2.45) is 0 Å². The standard InChI is InChI=1S/C6H6.C3H7NO2/c1-2-4-6-5-3-1;1-4(2)3(5)6/h1-6H;1-2H3,(H,5,6). The summed E-state index contributed by atoms with van der Waals surface area (Å²) in [6.07, 6.45) is -0.907. The zero-order chi connectivity index (χ0) is 9.40. The summed E-state index contributed by atoms with van der Waals surface area (Å²) in [5, 5.41) is 7.92. The Morgan fingerprint density at radius 1 is 1.00 bits per heavy atom. The third-order valence-corrected chi connectivity index (χ3v) is 1.05. The fraction of sp³-hybridized carbons (Fsp3) is 0.222. The van der Waals surface area contributed by atoms with Gasteiger partial charge in [-0.1, -0.05) is 36.4 Å². The van der Waals surface area contributed by atoms with E-state index in [1.807, 2.05) is 36.4 Å². The zero-order valence-corrected chi connectivity index (χ0v) is 7.27. The van der Waals surface area contributed by atoms with E-state index in [4.69, 9.17) is 5.11 Å². The highest BCUT2D eigenvalue weighted by atomic mass is 16.4. The van der Waals surface area contributed by atoms with Crippen LogP contribution in [0.2, 0.25) is 0 Å². The van der Waals surface area contributed by atoms with Crippen LogP contribution in [-0.4, -0.2) is 30.2 Å². The first-order chi connectivity index (χ1) is 5.64. The first-order valence-electron chi connectivity index (χ1n) is 3.55. The van der Waals surface area contributed by atoms with E-state index in [9.17, 15) is 4.79 Å². The molecule has 0 bridgehead atoms. The molecule has 0 aliphatic heterocycles. The van der Waals surface area contributed by atoms with Crippen molar-refractivity contribution >= 4 is 6.09 Å². The lowest BCUT2D eigenvalue weighted by molar-refractivity contribution is 0.165. The molecule has 3 heteroatoms. The van der Waals surface area contributed by atoms with Crippen molar-refractivity contribution in [3.8, 4) is 0 Å². The van der Waals surface area contributed by atoms with Gasteiger partial charge in [-0.2, -0.15) is 0 Å². The van der Waals surface area contributed by atoms with Crippen LogP contribution < -0.4 is 0 Å². The lowest BCUT2D eigenvalue weighted by atomic mass is 10.4. The van der Waals surface area contributed by atoms with Gasteiger partial charge in [0.25, 0.3) is 0 Å². The predicted molar refractivity (Wildman–Crippen MR) is 48.2 cm³/mol. The quantitative estimate of drug-likeness (QED) is 0.641. The Labute approximate surface area is 72.2 Å². The molecule has 0 saturated heterocycles. The van der Waals surface area contributed by atoms with E-state index in [1.54, 1.807) is 0 Å². The minimum Gasteiger partial charge on any atom is -0.465 e. The van der Waals surface area contributed by atoms with E-state index in [0.29, 0.717) is 0 Å². The summed E-state index contributed by atoms with van der Waals surface area (Å²) in [6.45, 7) is 0. The summed E-state index contributed by atoms with van der Waals surface area (Å²) < 4.78 is 0. The molecule has 0 radical (unpaired) electrons. The minimum atomic E-state index is -0.907. The Morgan fingerprint density at radius 3 is 1.25 bits per heavy atom. The maximum absolute atomic E-state index is 9.62. The van der Waals surface area contributed by atoms with Gasteiger partial charge >= 0.3 is 6.09 Å². The molecule has 0 heterocycles. The van der Waals surface area contributed by atoms with Crippen LogP contribution in [0, 0.1) is 0 Å². The second kappa shape index (κ2) is 6.22. The molecule has 0 aliphatic carbocycles. The van der Waals surface area contributed by atoms with E-state index in [2.05, 4.69) is 0 Å². The number of nitrogens with zero attached hydrogens (tertiary/aromatic N) is 1. The smallest absolute Gasteiger partial charge is 0.406 e. The summed E-state index contributed by atoms with van der Waals surface area (Å²) >= 11 is 0. The summed E-state index contributed by atoms with van der Waals surface area (Å²) in [7, 11) is 2.95. The SMILES string of the molecule is CN(C)C(=O)O.c1ccccc1. The number of amides is 1. The maximum atomic E-state index is 9.62. The van der Waals surface area contributed by atoms with Crippen LogP contribution in [0.25, 0.3) is 0 Å². The highest BCUT2D eigenvalue weighted by Gasteiger charge is 1.91. The van der Waals surface area contributed by atoms with Crippen LogP contribution in [0.5, 0.6) is 0 Å². The molecule has 0 aliphatic rings. The molecule has 66 valence electrons. The zero-order valence-electron chi connectivity index (χ0n) is 7.27. The molecule has 1 rings (SSSR count). The second-order valence-electron chi connectivity index (χ2n) is 2.33. The van der Waals surface area contributed by atoms with Gasteiger partial charge in [0.1, 0.15) is 0 Å². The molecule has 0 aromatic heterocycles. The number of carbonyl (C=O) groups is 1. The van der Waals surface area contributed by atoms with E-state index < -0.39 is 6.09 Å². The van der Waals surface area contributed by atoms with Crippen LogP contribution >= 0.6 is 0 Å². The number of benzene rings is 1. The van der Waals surface area contributed by atoms with Crippen molar-refractivity contribution in [2.75, 3.05) is 14.1 Å². The molecule has 0 fully saturated rings. The molecule has 1 aromatic carbocycles. The molecular formula is C9H13NO2. The van der Waals surface area contributed by atoms with E-state index in [-0.39, 0.29) is 0 Å². The molecule has 1 N–H and O–H groups in total. The summed E-state index contributed by atoms with van der Waals surface area (Å²) in [5.41, 5.74) is 0. The summed E-state index contributed by atoms with van der Waals surface area (Å²) in [4.78, 5) is 10.7. The summed E-state index contributed by atoms with van der Waals surface area (Å²) in [5.74, 6) is 0. The molecule has 0 unspecified atom stereocenters. The second-order valence-corrected chi connectivity index (χ2v) is 2.33. The van der Waals surface area contributed by atoms with Gasteiger partial charge in [-0.3, -0.25) is 0 Å². The Bertz CT molecular complexity index is 182. The van der Waals surface area contributed by atoms with Crippen molar-refractivity contribution in [3.05, 3.63) is 36.4 Å². The number of carboxylic acid groups (broad SMARTS) is 1. The van der Waals surface area contributed by atoms with Crippen molar-refractivity contribution in [3.63, 3.8) is 0 Å². The highest BCUT2D eigenvalue weighted by molar-refractivity contribution is 5.63. The van der Waals surface area contributed by atoms with E-state index in [1.165, 1.54) is 14.1 Å². The van der Waals surface area contributed by atoms with Gasteiger partial charge in [0, 0.05) is 14.1 Å². The summed E-state index contributed by atoms with van der Waals surface area (Å²) in [6, 6.07) is 12.0. The molecule has 0 spiro atoms. The van der Waals surface area contributed by atoms with E-state index in [0.717, 1.165) is 4.90 Å². The van der Waals surface area contributed by atoms with Crippen LogP contribution in [0.1, 0.15) is 0 Å². The average molecular weight is 167 g/mol. The van der Waals surface area contributed by atoms with Gasteiger partial charge in [0.2, 0.25) is 0 Å². The lowest BCUT2D eigenvalue weighted by Crippen LogP contribution is -2.18. The molecule has 0 saturated carbocycles. The van der Waals surface area contributed by atoms with Crippen LogP contribution in [-0.2, 0) is 0 Å². The van der Waals surface area contributed by atoms with Crippen LogP contribution in [0.4, 0.5) is 4.79 Å². The van der Waals surface area contributed by atoms with Crippen molar-refractivity contribution in [1.29, 1.82) is 0 Å². The Balaban J connectivity index is 0.000000202. The molecule has 0 atom stereocenters.